The Morgan fingerprint density at radius 3 is 2.81 bits per heavy atom. The van der Waals surface area contributed by atoms with Gasteiger partial charge in [-0.25, -0.2) is 9.18 Å². The van der Waals surface area contributed by atoms with Gasteiger partial charge in [-0.05, 0) is 48.7 Å². The molecule has 0 atom stereocenters. The van der Waals surface area contributed by atoms with E-state index in [1.807, 2.05) is 19.1 Å². The lowest BCUT2D eigenvalue weighted by atomic mass is 10.1. The molecule has 2 amide bonds. The lowest BCUT2D eigenvalue weighted by Crippen LogP contribution is -2.30. The Morgan fingerprint density at radius 2 is 2.05 bits per heavy atom. The predicted molar refractivity (Wildman–Crippen MR) is 83.3 cm³/mol. The van der Waals surface area contributed by atoms with Crippen LogP contribution >= 0.6 is 11.6 Å². The first-order chi connectivity index (χ1) is 10.0. The van der Waals surface area contributed by atoms with E-state index in [4.69, 9.17) is 11.6 Å². The van der Waals surface area contributed by atoms with Crippen LogP contribution in [-0.4, -0.2) is 12.6 Å². The van der Waals surface area contributed by atoms with Crippen LogP contribution in [0.4, 0.5) is 14.9 Å². The molecule has 3 nitrogen and oxygen atoms in total. The molecule has 0 heterocycles. The molecule has 0 saturated carbocycles. The summed E-state index contributed by atoms with van der Waals surface area (Å²) in [6.45, 7) is 2.31. The zero-order valence-electron chi connectivity index (χ0n) is 11.6. The van der Waals surface area contributed by atoms with Gasteiger partial charge < -0.3 is 10.6 Å². The van der Waals surface area contributed by atoms with Crippen molar-refractivity contribution >= 4 is 23.3 Å². The smallest absolute Gasteiger partial charge is 0.319 e. The molecule has 0 spiro atoms. The topological polar surface area (TPSA) is 41.1 Å². The van der Waals surface area contributed by atoms with Gasteiger partial charge in [0.25, 0.3) is 0 Å². The van der Waals surface area contributed by atoms with Gasteiger partial charge in [0.05, 0.1) is 0 Å². The van der Waals surface area contributed by atoms with Gasteiger partial charge in [0.2, 0.25) is 0 Å². The Bertz CT molecular complexity index is 646. The minimum Gasteiger partial charge on any atom is -0.338 e. The summed E-state index contributed by atoms with van der Waals surface area (Å²) in [6, 6.07) is 11.3. The number of halogens is 2. The summed E-state index contributed by atoms with van der Waals surface area (Å²) in [5.74, 6) is -0.272. The highest BCUT2D eigenvalue weighted by Gasteiger charge is 2.05. The van der Waals surface area contributed by atoms with E-state index in [-0.39, 0.29) is 11.8 Å². The maximum atomic E-state index is 13.0. The van der Waals surface area contributed by atoms with Crippen LogP contribution in [0.3, 0.4) is 0 Å². The monoisotopic (exact) mass is 306 g/mol. The standard InChI is InChI=1S/C16H16ClFN2O/c1-11-5-6-13(17)10-15(11)20-16(21)19-8-7-12-3-2-4-14(18)9-12/h2-6,9-10H,7-8H2,1H3,(H2,19,20,21). The summed E-state index contributed by atoms with van der Waals surface area (Å²) in [5, 5.41) is 6.04. The largest absolute Gasteiger partial charge is 0.338 e. The second-order valence-corrected chi connectivity index (χ2v) is 5.16. The van der Waals surface area contributed by atoms with E-state index in [1.165, 1.54) is 12.1 Å². The fourth-order valence-corrected chi connectivity index (χ4v) is 2.08. The maximum absolute atomic E-state index is 13.0. The van der Waals surface area contributed by atoms with Crippen LogP contribution in [0, 0.1) is 12.7 Å². The summed E-state index contributed by atoms with van der Waals surface area (Å²) in [4.78, 5) is 11.8. The van der Waals surface area contributed by atoms with E-state index >= 15 is 0 Å². The third-order valence-electron chi connectivity index (χ3n) is 3.04. The molecule has 2 rings (SSSR count). The third-order valence-corrected chi connectivity index (χ3v) is 3.27. The number of amides is 2. The van der Waals surface area contributed by atoms with Crippen LogP contribution in [0.1, 0.15) is 11.1 Å². The van der Waals surface area contributed by atoms with Gasteiger partial charge in [-0.2, -0.15) is 0 Å². The van der Waals surface area contributed by atoms with Gasteiger partial charge in [-0.1, -0.05) is 29.8 Å². The number of carbonyl (C=O) groups is 1. The van der Waals surface area contributed by atoms with Crippen LogP contribution in [-0.2, 0) is 6.42 Å². The van der Waals surface area contributed by atoms with E-state index in [0.29, 0.717) is 23.7 Å². The molecule has 5 heteroatoms. The van der Waals surface area contributed by atoms with Crippen LogP contribution in [0.15, 0.2) is 42.5 Å². The molecule has 0 bridgehead atoms. The molecule has 0 aliphatic heterocycles. The first-order valence-corrected chi connectivity index (χ1v) is 6.98. The number of carbonyl (C=O) groups excluding carboxylic acids is 1. The van der Waals surface area contributed by atoms with E-state index in [9.17, 15) is 9.18 Å². The van der Waals surface area contributed by atoms with Crippen molar-refractivity contribution in [2.75, 3.05) is 11.9 Å². The Kier molecular flexibility index (Phi) is 5.17. The molecule has 0 fully saturated rings. The normalized spacial score (nSPS) is 10.2. The molecule has 0 aliphatic rings. The summed E-state index contributed by atoms with van der Waals surface area (Å²) < 4.78 is 13.0. The molecule has 0 aromatic heterocycles. The van der Waals surface area contributed by atoms with E-state index < -0.39 is 0 Å². The molecule has 0 radical (unpaired) electrons. The van der Waals surface area contributed by atoms with E-state index in [0.717, 1.165) is 11.1 Å². The number of anilines is 1. The fraction of sp³-hybridized carbons (Fsp3) is 0.188. The molecule has 0 aliphatic carbocycles. The van der Waals surface area contributed by atoms with Gasteiger partial charge in [0.1, 0.15) is 5.82 Å². The second-order valence-electron chi connectivity index (χ2n) is 4.72. The first kappa shape index (κ1) is 15.3. The highest BCUT2D eigenvalue weighted by Crippen LogP contribution is 2.19. The number of aryl methyl sites for hydroxylation is 1. The van der Waals surface area contributed by atoms with E-state index in [1.54, 1.807) is 18.2 Å². The molecule has 2 N–H and O–H groups in total. The van der Waals surface area contributed by atoms with Gasteiger partial charge in [-0.15, -0.1) is 0 Å². The van der Waals surface area contributed by atoms with Crippen molar-refractivity contribution in [2.24, 2.45) is 0 Å². The molecule has 2 aromatic carbocycles. The number of urea groups is 1. The summed E-state index contributed by atoms with van der Waals surface area (Å²) >= 11 is 5.89. The molecular weight excluding hydrogens is 291 g/mol. The zero-order valence-corrected chi connectivity index (χ0v) is 12.4. The fourth-order valence-electron chi connectivity index (χ4n) is 1.91. The highest BCUT2D eigenvalue weighted by atomic mass is 35.5. The minimum absolute atomic E-state index is 0.272. The molecular formula is C16H16ClFN2O. The van der Waals surface area contributed by atoms with E-state index in [2.05, 4.69) is 10.6 Å². The quantitative estimate of drug-likeness (QED) is 0.875. The van der Waals surface area contributed by atoms with Crippen LogP contribution in [0.25, 0.3) is 0 Å². The molecule has 0 unspecified atom stereocenters. The minimum atomic E-state index is -0.309. The summed E-state index contributed by atoms with van der Waals surface area (Å²) in [5.41, 5.74) is 2.44. The van der Waals surface area contributed by atoms with Crippen LogP contribution < -0.4 is 10.6 Å². The Labute approximate surface area is 128 Å². The van der Waals surface area contributed by atoms with Crippen molar-refractivity contribution in [1.29, 1.82) is 0 Å². The SMILES string of the molecule is Cc1ccc(Cl)cc1NC(=O)NCCc1cccc(F)c1. The van der Waals surface area contributed by atoms with Crippen molar-refractivity contribution in [1.82, 2.24) is 5.32 Å². The molecule has 110 valence electrons. The zero-order chi connectivity index (χ0) is 15.2. The average Bonchev–Trinajstić information content (AvgIpc) is 2.43. The molecule has 21 heavy (non-hydrogen) atoms. The van der Waals surface area contributed by atoms with Crippen molar-refractivity contribution in [3.63, 3.8) is 0 Å². The predicted octanol–water partition coefficient (Wildman–Crippen LogP) is 4.15. The second kappa shape index (κ2) is 7.09. The van der Waals surface area contributed by atoms with Crippen LogP contribution in [0.5, 0.6) is 0 Å². The maximum Gasteiger partial charge on any atom is 0.319 e. The third kappa shape index (κ3) is 4.76. The van der Waals surface area contributed by atoms with Gasteiger partial charge in [0, 0.05) is 17.3 Å². The lowest BCUT2D eigenvalue weighted by molar-refractivity contribution is 0.252. The number of benzene rings is 2. The summed E-state index contributed by atoms with van der Waals surface area (Å²) in [7, 11) is 0. The van der Waals surface area contributed by atoms with Crippen molar-refractivity contribution in [3.8, 4) is 0 Å². The summed E-state index contributed by atoms with van der Waals surface area (Å²) in [6.07, 6.45) is 0.569. The van der Waals surface area contributed by atoms with Gasteiger partial charge in [0.15, 0.2) is 0 Å². The Balaban J connectivity index is 1.84. The number of hydrogen-bond acceptors (Lipinski definition) is 1. The van der Waals surface area contributed by atoms with Crippen molar-refractivity contribution in [3.05, 3.63) is 64.4 Å². The Hall–Kier alpha value is -2.07. The van der Waals surface area contributed by atoms with Crippen molar-refractivity contribution in [2.45, 2.75) is 13.3 Å². The number of hydrogen-bond donors (Lipinski definition) is 2. The average molecular weight is 307 g/mol. The van der Waals surface area contributed by atoms with Crippen molar-refractivity contribution < 1.29 is 9.18 Å². The first-order valence-electron chi connectivity index (χ1n) is 6.60. The lowest BCUT2D eigenvalue weighted by Gasteiger charge is -2.10. The number of rotatable bonds is 4. The number of nitrogens with one attached hydrogen (secondary N) is 2. The van der Waals surface area contributed by atoms with Crippen LogP contribution in [0.2, 0.25) is 5.02 Å². The molecule has 0 saturated heterocycles. The Morgan fingerprint density at radius 1 is 1.24 bits per heavy atom. The van der Waals surface area contributed by atoms with Gasteiger partial charge >= 0.3 is 6.03 Å². The van der Waals surface area contributed by atoms with Gasteiger partial charge in [-0.3, -0.25) is 0 Å². The molecule has 2 aromatic rings. The highest BCUT2D eigenvalue weighted by molar-refractivity contribution is 6.31.